The third-order valence-electron chi connectivity index (χ3n) is 4.41. The number of carbonyl (C=O) groups excluding carboxylic acids is 2. The van der Waals surface area contributed by atoms with E-state index in [1.807, 2.05) is 41.5 Å². The van der Waals surface area contributed by atoms with Crippen molar-refractivity contribution in [2.45, 2.75) is 52.7 Å². The van der Waals surface area contributed by atoms with Crippen molar-refractivity contribution < 1.29 is 47.5 Å². The van der Waals surface area contributed by atoms with Gasteiger partial charge in [0.1, 0.15) is 11.2 Å². The molecule has 0 bridgehead atoms. The summed E-state index contributed by atoms with van der Waals surface area (Å²) in [6.07, 6.45) is -0.733. The van der Waals surface area contributed by atoms with Crippen molar-refractivity contribution in [1.82, 2.24) is 9.80 Å². The Morgan fingerprint density at radius 3 is 0.868 bits per heavy atom. The zero-order valence-corrected chi connectivity index (χ0v) is 24.9. The first-order valence-corrected chi connectivity index (χ1v) is 13.2. The highest BCUT2D eigenvalue weighted by Crippen LogP contribution is 2.09. The number of hydrogen-bond acceptors (Lipinski definition) is 10. The molecule has 0 unspecified atom stereocenters. The van der Waals surface area contributed by atoms with E-state index < -0.39 is 11.2 Å². The Kier molecular flexibility index (Phi) is 20.2. The fourth-order valence-electron chi connectivity index (χ4n) is 2.47. The van der Waals surface area contributed by atoms with Gasteiger partial charge in [0.2, 0.25) is 0 Å². The summed E-state index contributed by atoms with van der Waals surface area (Å²) in [6, 6.07) is 0. The molecule has 38 heavy (non-hydrogen) atoms. The normalized spacial score (nSPS) is 11.9. The highest BCUT2D eigenvalue weighted by atomic mass is 16.6. The molecule has 0 aliphatic heterocycles. The van der Waals surface area contributed by atoms with E-state index in [1.165, 1.54) is 9.80 Å². The molecule has 12 nitrogen and oxygen atoms in total. The van der Waals surface area contributed by atoms with Crippen LogP contribution in [0.4, 0.5) is 9.59 Å². The molecule has 0 aliphatic rings. The van der Waals surface area contributed by atoms with E-state index in [9.17, 15) is 9.59 Å². The molecule has 0 aromatic rings. The molecule has 0 saturated heterocycles. The molecule has 0 radical (unpaired) electrons. The van der Waals surface area contributed by atoms with Gasteiger partial charge in [-0.1, -0.05) is 0 Å². The Morgan fingerprint density at radius 1 is 0.447 bits per heavy atom. The van der Waals surface area contributed by atoms with E-state index in [2.05, 4.69) is 0 Å². The number of carbonyl (C=O) groups is 2. The highest BCUT2D eigenvalue weighted by Gasteiger charge is 2.20. The van der Waals surface area contributed by atoms with Gasteiger partial charge >= 0.3 is 12.2 Å². The molecule has 0 rings (SSSR count). The number of amides is 2. The maximum absolute atomic E-state index is 11.8. The fraction of sp³-hybridized carbons (Fsp3) is 0.923. The molecule has 0 aromatic carbocycles. The molecular formula is C26H52N2O10. The van der Waals surface area contributed by atoms with Crippen molar-refractivity contribution in [3.63, 3.8) is 0 Å². The molecule has 226 valence electrons. The Balaban J connectivity index is 3.33. The van der Waals surface area contributed by atoms with E-state index in [1.54, 1.807) is 14.1 Å². The minimum absolute atomic E-state index is 0.366. The van der Waals surface area contributed by atoms with Crippen LogP contribution in [-0.2, 0) is 37.9 Å². The molecule has 0 heterocycles. The first-order chi connectivity index (χ1) is 17.8. The number of ether oxygens (including phenoxy) is 8. The van der Waals surface area contributed by atoms with Gasteiger partial charge in [-0.15, -0.1) is 0 Å². The van der Waals surface area contributed by atoms with Crippen molar-refractivity contribution in [3.8, 4) is 0 Å². The minimum atomic E-state index is -0.509. The number of hydrogen-bond donors (Lipinski definition) is 0. The van der Waals surface area contributed by atoms with E-state index in [0.29, 0.717) is 92.4 Å². The summed E-state index contributed by atoms with van der Waals surface area (Å²) in [6.45, 7) is 17.4. The van der Waals surface area contributed by atoms with Crippen LogP contribution in [0.2, 0.25) is 0 Å². The topological polar surface area (TPSA) is 114 Å². The molecule has 0 N–H and O–H groups in total. The van der Waals surface area contributed by atoms with E-state index in [4.69, 9.17) is 37.9 Å². The second-order valence-electron chi connectivity index (χ2n) is 10.5. The average Bonchev–Trinajstić information content (AvgIpc) is 2.80. The maximum atomic E-state index is 11.8. The summed E-state index contributed by atoms with van der Waals surface area (Å²) in [5.41, 5.74) is -1.02. The number of rotatable bonds is 21. The third kappa shape index (κ3) is 24.6. The Labute approximate surface area is 229 Å². The van der Waals surface area contributed by atoms with Crippen LogP contribution >= 0.6 is 0 Å². The quantitative estimate of drug-likeness (QED) is 0.197. The third-order valence-corrected chi connectivity index (χ3v) is 4.41. The predicted octanol–water partition coefficient (Wildman–Crippen LogP) is 2.82. The smallest absolute Gasteiger partial charge is 0.410 e. The zero-order chi connectivity index (χ0) is 28.9. The number of nitrogens with zero attached hydrogens (tertiary/aromatic N) is 2. The van der Waals surface area contributed by atoms with Crippen molar-refractivity contribution in [2.24, 2.45) is 0 Å². The van der Waals surface area contributed by atoms with Crippen LogP contribution < -0.4 is 0 Å². The summed E-state index contributed by atoms with van der Waals surface area (Å²) >= 11 is 0. The van der Waals surface area contributed by atoms with Crippen molar-refractivity contribution >= 4 is 12.2 Å². The van der Waals surface area contributed by atoms with Gasteiger partial charge in [0.25, 0.3) is 0 Å². The first-order valence-electron chi connectivity index (χ1n) is 13.2. The summed E-state index contributed by atoms with van der Waals surface area (Å²) < 4.78 is 43.3. The van der Waals surface area contributed by atoms with Crippen LogP contribution in [0, 0.1) is 0 Å². The lowest BCUT2D eigenvalue weighted by molar-refractivity contribution is -0.0189. The van der Waals surface area contributed by atoms with Gasteiger partial charge in [-0.2, -0.15) is 0 Å². The van der Waals surface area contributed by atoms with Crippen molar-refractivity contribution in [1.29, 1.82) is 0 Å². The van der Waals surface area contributed by atoms with Crippen LogP contribution in [0.5, 0.6) is 0 Å². The van der Waals surface area contributed by atoms with Crippen LogP contribution in [0.25, 0.3) is 0 Å². The summed E-state index contributed by atoms with van der Waals surface area (Å²) in [5.74, 6) is 0. The monoisotopic (exact) mass is 552 g/mol. The van der Waals surface area contributed by atoms with Crippen molar-refractivity contribution in [2.75, 3.05) is 106 Å². The van der Waals surface area contributed by atoms with Crippen LogP contribution in [-0.4, -0.2) is 140 Å². The van der Waals surface area contributed by atoms with Gasteiger partial charge in [-0.05, 0) is 41.5 Å². The second kappa shape index (κ2) is 21.2. The fourth-order valence-corrected chi connectivity index (χ4v) is 2.47. The maximum Gasteiger partial charge on any atom is 0.410 e. The molecular weight excluding hydrogens is 500 g/mol. The van der Waals surface area contributed by atoms with Gasteiger partial charge in [0.15, 0.2) is 0 Å². The second-order valence-corrected chi connectivity index (χ2v) is 10.5. The van der Waals surface area contributed by atoms with Gasteiger partial charge in [-0.3, -0.25) is 0 Å². The highest BCUT2D eigenvalue weighted by molar-refractivity contribution is 5.68. The molecule has 0 aromatic heterocycles. The number of likely N-dealkylation sites (N-methyl/N-ethyl adjacent to an activating group) is 2. The van der Waals surface area contributed by atoms with Crippen LogP contribution in [0.1, 0.15) is 41.5 Å². The molecule has 2 amide bonds. The Morgan fingerprint density at radius 2 is 0.658 bits per heavy atom. The SMILES string of the molecule is CN(CCOCCOCCOCCOCCOCCOCCN(C)C(=O)OC(C)(C)C)C(=O)OC(C)(C)C. The van der Waals surface area contributed by atoms with Gasteiger partial charge in [0.05, 0.1) is 79.3 Å². The lowest BCUT2D eigenvalue weighted by atomic mass is 10.2. The zero-order valence-electron chi connectivity index (χ0n) is 24.9. The molecule has 0 saturated carbocycles. The van der Waals surface area contributed by atoms with E-state index >= 15 is 0 Å². The molecule has 0 spiro atoms. The Bertz CT molecular complexity index is 556. The Hall–Kier alpha value is -1.70. The average molecular weight is 553 g/mol. The largest absolute Gasteiger partial charge is 0.444 e. The minimum Gasteiger partial charge on any atom is -0.444 e. The molecule has 0 atom stereocenters. The first kappa shape index (κ1) is 36.3. The summed E-state index contributed by atoms with van der Waals surface area (Å²) in [4.78, 5) is 26.6. The van der Waals surface area contributed by atoms with Gasteiger partial charge < -0.3 is 47.7 Å². The predicted molar refractivity (Wildman–Crippen MR) is 143 cm³/mol. The van der Waals surface area contributed by atoms with Crippen LogP contribution in [0.15, 0.2) is 0 Å². The lowest BCUT2D eigenvalue weighted by Gasteiger charge is -2.24. The summed E-state index contributed by atoms with van der Waals surface area (Å²) in [5, 5.41) is 0. The van der Waals surface area contributed by atoms with E-state index in [0.717, 1.165) is 0 Å². The van der Waals surface area contributed by atoms with Gasteiger partial charge in [0, 0.05) is 27.2 Å². The van der Waals surface area contributed by atoms with E-state index in [-0.39, 0.29) is 12.2 Å². The lowest BCUT2D eigenvalue weighted by Crippen LogP contribution is -2.36. The van der Waals surface area contributed by atoms with Crippen molar-refractivity contribution in [3.05, 3.63) is 0 Å². The van der Waals surface area contributed by atoms with Gasteiger partial charge in [-0.25, -0.2) is 9.59 Å². The molecule has 0 fully saturated rings. The standard InChI is InChI=1S/C26H52N2O10/c1-25(2,3)37-23(29)27(7)9-11-31-13-15-33-17-19-35-21-22-36-20-18-34-16-14-32-12-10-28(8)24(30)38-26(4,5)6/h9-22H2,1-8H3. The van der Waals surface area contributed by atoms with Crippen LogP contribution in [0.3, 0.4) is 0 Å². The molecule has 0 aliphatic carbocycles. The molecule has 12 heteroatoms. The summed E-state index contributed by atoms with van der Waals surface area (Å²) in [7, 11) is 3.35.